The van der Waals surface area contributed by atoms with Gasteiger partial charge >= 0.3 is 0 Å². The standard InChI is InChI=1S/C19H20N2O2S2/c1-15-8-10-16(11-9-15)18-14-20-19(24-12-13-25(2,22)23)21(18)17-6-4-3-5-7-17/h3-11,14H,12-13H2,1-2H3. The van der Waals surface area contributed by atoms with Crippen LogP contribution in [0.15, 0.2) is 66.0 Å². The summed E-state index contributed by atoms with van der Waals surface area (Å²) in [6, 6.07) is 18.3. The van der Waals surface area contributed by atoms with Gasteiger partial charge in [0.1, 0.15) is 9.84 Å². The third-order valence-electron chi connectivity index (χ3n) is 3.78. The minimum atomic E-state index is -2.98. The SMILES string of the molecule is Cc1ccc(-c2cnc(SCCS(C)(=O)=O)n2-c2ccccc2)cc1. The summed E-state index contributed by atoms with van der Waals surface area (Å²) in [5.41, 5.74) is 4.29. The number of aryl methyl sites for hydroxylation is 1. The summed E-state index contributed by atoms with van der Waals surface area (Å²) in [6.45, 7) is 2.06. The first-order valence-corrected chi connectivity index (χ1v) is 11.0. The van der Waals surface area contributed by atoms with Crippen LogP contribution in [-0.2, 0) is 9.84 Å². The Bertz CT molecular complexity index is 947. The molecule has 1 aromatic heterocycles. The second kappa shape index (κ2) is 7.45. The molecule has 0 unspecified atom stereocenters. The van der Waals surface area contributed by atoms with Crippen LogP contribution in [0.3, 0.4) is 0 Å². The van der Waals surface area contributed by atoms with E-state index in [-0.39, 0.29) is 5.75 Å². The van der Waals surface area contributed by atoms with Gasteiger partial charge in [0.15, 0.2) is 5.16 Å². The number of hydrogen-bond donors (Lipinski definition) is 0. The third-order valence-corrected chi connectivity index (χ3v) is 5.94. The van der Waals surface area contributed by atoms with Crippen molar-refractivity contribution >= 4 is 21.6 Å². The number of sulfone groups is 1. The van der Waals surface area contributed by atoms with Gasteiger partial charge in [0, 0.05) is 23.3 Å². The molecule has 0 N–H and O–H groups in total. The molecule has 3 aromatic rings. The fraction of sp³-hybridized carbons (Fsp3) is 0.211. The molecule has 0 saturated carbocycles. The second-order valence-corrected chi connectivity index (χ2v) is 9.26. The van der Waals surface area contributed by atoms with Gasteiger partial charge in [-0.05, 0) is 19.1 Å². The molecule has 0 amide bonds. The zero-order valence-electron chi connectivity index (χ0n) is 14.2. The summed E-state index contributed by atoms with van der Waals surface area (Å²) in [5.74, 6) is 0.620. The van der Waals surface area contributed by atoms with Crippen molar-refractivity contribution in [2.75, 3.05) is 17.8 Å². The predicted molar refractivity (Wildman–Crippen MR) is 104 cm³/mol. The van der Waals surface area contributed by atoms with Crippen LogP contribution in [0.25, 0.3) is 16.9 Å². The zero-order valence-corrected chi connectivity index (χ0v) is 15.8. The highest BCUT2D eigenvalue weighted by Gasteiger charge is 2.14. The summed E-state index contributed by atoms with van der Waals surface area (Å²) in [4.78, 5) is 4.54. The number of hydrogen-bond acceptors (Lipinski definition) is 4. The Labute approximate surface area is 152 Å². The number of nitrogens with zero attached hydrogens (tertiary/aromatic N) is 2. The first-order valence-electron chi connectivity index (χ1n) is 7.95. The van der Waals surface area contributed by atoms with Crippen LogP contribution in [0, 0.1) is 6.92 Å². The lowest BCUT2D eigenvalue weighted by atomic mass is 10.1. The molecule has 0 atom stereocenters. The summed E-state index contributed by atoms with van der Waals surface area (Å²) in [5, 5.41) is 0.797. The fourth-order valence-electron chi connectivity index (χ4n) is 2.48. The molecule has 130 valence electrons. The summed E-state index contributed by atoms with van der Waals surface area (Å²) in [6.07, 6.45) is 3.11. The van der Waals surface area contributed by atoms with E-state index in [4.69, 9.17) is 0 Å². The van der Waals surface area contributed by atoms with E-state index < -0.39 is 9.84 Å². The average Bonchev–Trinajstić information content (AvgIpc) is 2.99. The number of thioether (sulfide) groups is 1. The van der Waals surface area contributed by atoms with Crippen LogP contribution in [-0.4, -0.2) is 35.7 Å². The van der Waals surface area contributed by atoms with Gasteiger partial charge in [0.2, 0.25) is 0 Å². The number of rotatable bonds is 6. The van der Waals surface area contributed by atoms with Gasteiger partial charge in [-0.25, -0.2) is 13.4 Å². The normalized spacial score (nSPS) is 11.6. The molecular formula is C19H20N2O2S2. The van der Waals surface area contributed by atoms with Gasteiger partial charge in [-0.15, -0.1) is 0 Å². The van der Waals surface area contributed by atoms with E-state index in [9.17, 15) is 8.42 Å². The van der Waals surface area contributed by atoms with E-state index in [0.717, 1.165) is 22.1 Å². The maximum atomic E-state index is 11.4. The van der Waals surface area contributed by atoms with Crippen LogP contribution < -0.4 is 0 Å². The Balaban J connectivity index is 2.00. The van der Waals surface area contributed by atoms with Crippen LogP contribution >= 0.6 is 11.8 Å². The van der Waals surface area contributed by atoms with Crippen molar-refractivity contribution < 1.29 is 8.42 Å². The van der Waals surface area contributed by atoms with Gasteiger partial charge in [-0.2, -0.15) is 0 Å². The monoisotopic (exact) mass is 372 g/mol. The van der Waals surface area contributed by atoms with Crippen molar-refractivity contribution in [1.82, 2.24) is 9.55 Å². The Morgan fingerprint density at radius 1 is 1.04 bits per heavy atom. The van der Waals surface area contributed by atoms with Crippen LogP contribution in [0.1, 0.15) is 5.56 Å². The Morgan fingerprint density at radius 3 is 2.36 bits per heavy atom. The Morgan fingerprint density at radius 2 is 1.72 bits per heavy atom. The van der Waals surface area contributed by atoms with Gasteiger partial charge < -0.3 is 0 Å². The molecule has 0 fully saturated rings. The number of para-hydroxylation sites is 1. The van der Waals surface area contributed by atoms with Crippen molar-refractivity contribution in [1.29, 1.82) is 0 Å². The Hall–Kier alpha value is -2.05. The topological polar surface area (TPSA) is 52.0 Å². The summed E-state index contributed by atoms with van der Waals surface area (Å²) >= 11 is 1.46. The number of imidazole rings is 1. The molecule has 25 heavy (non-hydrogen) atoms. The second-order valence-electron chi connectivity index (χ2n) is 5.94. The molecular weight excluding hydrogens is 352 g/mol. The molecule has 0 aliphatic rings. The molecule has 0 radical (unpaired) electrons. The first-order chi connectivity index (χ1) is 11.9. The zero-order chi connectivity index (χ0) is 17.9. The number of aromatic nitrogens is 2. The highest BCUT2D eigenvalue weighted by atomic mass is 32.2. The highest BCUT2D eigenvalue weighted by molar-refractivity contribution is 8.00. The average molecular weight is 373 g/mol. The minimum absolute atomic E-state index is 0.138. The number of benzene rings is 2. The maximum absolute atomic E-state index is 11.4. The van der Waals surface area contributed by atoms with Crippen molar-refractivity contribution in [3.05, 3.63) is 66.4 Å². The molecule has 3 rings (SSSR count). The van der Waals surface area contributed by atoms with E-state index in [0.29, 0.717) is 5.75 Å². The van der Waals surface area contributed by atoms with Crippen LogP contribution in [0.5, 0.6) is 0 Å². The molecule has 0 bridgehead atoms. The van der Waals surface area contributed by atoms with Gasteiger partial charge in [-0.3, -0.25) is 4.57 Å². The van der Waals surface area contributed by atoms with Crippen molar-refractivity contribution in [2.45, 2.75) is 12.1 Å². The molecule has 2 aromatic carbocycles. The third kappa shape index (κ3) is 4.52. The smallest absolute Gasteiger partial charge is 0.173 e. The van der Waals surface area contributed by atoms with Crippen molar-refractivity contribution in [3.8, 4) is 16.9 Å². The predicted octanol–water partition coefficient (Wildman–Crippen LogP) is 3.98. The van der Waals surface area contributed by atoms with Crippen LogP contribution in [0.2, 0.25) is 0 Å². The van der Waals surface area contributed by atoms with Gasteiger partial charge in [0.05, 0.1) is 17.6 Å². The summed E-state index contributed by atoms with van der Waals surface area (Å²) < 4.78 is 24.9. The van der Waals surface area contributed by atoms with Crippen LogP contribution in [0.4, 0.5) is 0 Å². The largest absolute Gasteiger partial charge is 0.287 e. The van der Waals surface area contributed by atoms with Crippen molar-refractivity contribution in [3.63, 3.8) is 0 Å². The van der Waals surface area contributed by atoms with E-state index >= 15 is 0 Å². The lowest BCUT2D eigenvalue weighted by Crippen LogP contribution is -2.06. The molecule has 0 saturated heterocycles. The quantitative estimate of drug-likeness (QED) is 0.614. The molecule has 4 nitrogen and oxygen atoms in total. The Kier molecular flexibility index (Phi) is 5.30. The molecule has 0 aliphatic carbocycles. The lowest BCUT2D eigenvalue weighted by Gasteiger charge is -2.12. The first kappa shape index (κ1) is 17.8. The van der Waals surface area contributed by atoms with E-state index in [1.54, 1.807) is 0 Å². The van der Waals surface area contributed by atoms with E-state index in [1.807, 2.05) is 36.5 Å². The van der Waals surface area contributed by atoms with Gasteiger partial charge in [0.25, 0.3) is 0 Å². The lowest BCUT2D eigenvalue weighted by molar-refractivity contribution is 0.603. The highest BCUT2D eigenvalue weighted by Crippen LogP contribution is 2.30. The molecule has 6 heteroatoms. The maximum Gasteiger partial charge on any atom is 0.173 e. The summed E-state index contributed by atoms with van der Waals surface area (Å²) in [7, 11) is -2.98. The molecule has 0 aliphatic heterocycles. The van der Waals surface area contributed by atoms with Crippen molar-refractivity contribution in [2.24, 2.45) is 0 Å². The molecule has 0 spiro atoms. The van der Waals surface area contributed by atoms with Gasteiger partial charge in [-0.1, -0.05) is 59.8 Å². The van der Waals surface area contributed by atoms with E-state index in [2.05, 4.69) is 40.7 Å². The minimum Gasteiger partial charge on any atom is -0.287 e. The molecule has 1 heterocycles. The fourth-order valence-corrected chi connectivity index (χ4v) is 4.66. The van der Waals surface area contributed by atoms with E-state index in [1.165, 1.54) is 23.6 Å².